The van der Waals surface area contributed by atoms with Gasteiger partial charge in [-0.25, -0.2) is 14.8 Å². The summed E-state index contributed by atoms with van der Waals surface area (Å²) >= 11 is 2.45. The average Bonchev–Trinajstić information content (AvgIpc) is 3.17. The molecule has 0 radical (unpaired) electrons. The van der Waals surface area contributed by atoms with Crippen LogP contribution in [-0.4, -0.2) is 41.5 Å². The Balaban J connectivity index is 1.85. The fraction of sp³-hybridized carbons (Fsp3) is 0.357. The number of rotatable bonds is 7. The second-order valence-corrected chi connectivity index (χ2v) is 6.42. The Morgan fingerprint density at radius 3 is 2.12 bits per heavy atom. The quantitative estimate of drug-likeness (QED) is 0.668. The molecule has 2 rings (SSSR count). The van der Waals surface area contributed by atoms with Gasteiger partial charge < -0.3 is 15.4 Å². The lowest BCUT2D eigenvalue weighted by atomic mass is 10.3. The first-order chi connectivity index (χ1) is 12.0. The van der Waals surface area contributed by atoms with Gasteiger partial charge in [-0.15, -0.1) is 22.7 Å². The number of likely N-dealkylation sites (N-methyl/N-ethyl adjacent to an activating group) is 1. The van der Waals surface area contributed by atoms with Crippen LogP contribution < -0.4 is 16.0 Å². The van der Waals surface area contributed by atoms with Gasteiger partial charge in [-0.1, -0.05) is 0 Å². The topological polar surface area (TPSA) is 122 Å². The predicted octanol–water partition coefficient (Wildman–Crippen LogP) is 1.64. The van der Waals surface area contributed by atoms with Crippen LogP contribution in [0.5, 0.6) is 0 Å². The third kappa shape index (κ3) is 6.12. The molecule has 2 heterocycles. The number of ether oxygens (including phenoxy) is 1. The molecule has 0 saturated carbocycles. The molecule has 25 heavy (non-hydrogen) atoms. The van der Waals surface area contributed by atoms with Crippen LogP contribution in [0.15, 0.2) is 10.8 Å². The lowest BCUT2D eigenvalue weighted by Crippen LogP contribution is -2.20. The predicted molar refractivity (Wildman–Crippen MR) is 95.0 cm³/mol. The van der Waals surface area contributed by atoms with Crippen LogP contribution in [0.3, 0.4) is 0 Å². The van der Waals surface area contributed by atoms with Crippen molar-refractivity contribution in [2.45, 2.75) is 19.8 Å². The SMILES string of the molecule is CCOC(=O)Nc1nc(CC(=O)Nc2nc(CC(=O)NC)cs2)cs1. The zero-order valence-corrected chi connectivity index (χ0v) is 15.3. The highest BCUT2D eigenvalue weighted by atomic mass is 32.1. The van der Waals surface area contributed by atoms with Crippen LogP contribution in [0.25, 0.3) is 0 Å². The molecule has 3 N–H and O–H groups in total. The van der Waals surface area contributed by atoms with Gasteiger partial charge in [0.15, 0.2) is 10.3 Å². The molecule has 2 aromatic rings. The van der Waals surface area contributed by atoms with E-state index in [1.54, 1.807) is 24.7 Å². The van der Waals surface area contributed by atoms with E-state index in [0.29, 0.717) is 21.7 Å². The molecular formula is C14H17N5O4S2. The van der Waals surface area contributed by atoms with Crippen molar-refractivity contribution in [1.29, 1.82) is 0 Å². The summed E-state index contributed by atoms with van der Waals surface area (Å²) < 4.78 is 4.75. The summed E-state index contributed by atoms with van der Waals surface area (Å²) in [5, 5.41) is 11.8. The maximum atomic E-state index is 12.0. The maximum Gasteiger partial charge on any atom is 0.413 e. The minimum Gasteiger partial charge on any atom is -0.450 e. The van der Waals surface area contributed by atoms with Gasteiger partial charge in [0.05, 0.1) is 30.8 Å². The highest BCUT2D eigenvalue weighted by molar-refractivity contribution is 7.14. The Morgan fingerprint density at radius 2 is 1.56 bits per heavy atom. The first-order valence-corrected chi connectivity index (χ1v) is 9.09. The first kappa shape index (κ1) is 18.8. The van der Waals surface area contributed by atoms with Crippen LogP contribution in [0.1, 0.15) is 18.3 Å². The molecule has 3 amide bonds. The first-order valence-electron chi connectivity index (χ1n) is 7.33. The molecule has 9 nitrogen and oxygen atoms in total. The number of carbonyl (C=O) groups excluding carboxylic acids is 3. The van der Waals surface area contributed by atoms with Gasteiger partial charge in [0.25, 0.3) is 0 Å². The average molecular weight is 383 g/mol. The molecule has 0 spiro atoms. The van der Waals surface area contributed by atoms with Crippen LogP contribution in [0.4, 0.5) is 15.1 Å². The lowest BCUT2D eigenvalue weighted by Gasteiger charge is -2.01. The zero-order chi connectivity index (χ0) is 18.2. The van der Waals surface area contributed by atoms with Crippen LogP contribution in [0, 0.1) is 0 Å². The molecule has 0 atom stereocenters. The summed E-state index contributed by atoms with van der Waals surface area (Å²) in [5.74, 6) is -0.430. The van der Waals surface area contributed by atoms with Crippen molar-refractivity contribution in [1.82, 2.24) is 15.3 Å². The van der Waals surface area contributed by atoms with Gasteiger partial charge in [-0.05, 0) is 6.92 Å². The van der Waals surface area contributed by atoms with Gasteiger partial charge in [-0.3, -0.25) is 14.9 Å². The van der Waals surface area contributed by atoms with Crippen molar-refractivity contribution >= 4 is 50.8 Å². The zero-order valence-electron chi connectivity index (χ0n) is 13.6. The fourth-order valence-corrected chi connectivity index (χ4v) is 3.15. The Hall–Kier alpha value is -2.53. The number of nitrogens with one attached hydrogen (secondary N) is 3. The van der Waals surface area contributed by atoms with E-state index < -0.39 is 6.09 Å². The van der Waals surface area contributed by atoms with E-state index >= 15 is 0 Å². The van der Waals surface area contributed by atoms with Crippen molar-refractivity contribution in [2.24, 2.45) is 0 Å². The number of amides is 3. The van der Waals surface area contributed by atoms with E-state index in [1.165, 1.54) is 22.7 Å². The van der Waals surface area contributed by atoms with Crippen molar-refractivity contribution in [3.8, 4) is 0 Å². The van der Waals surface area contributed by atoms with Crippen LogP contribution in [0.2, 0.25) is 0 Å². The van der Waals surface area contributed by atoms with Crippen LogP contribution >= 0.6 is 22.7 Å². The molecule has 0 aliphatic carbocycles. The number of hydrogen-bond acceptors (Lipinski definition) is 8. The summed E-state index contributed by atoms with van der Waals surface area (Å²) in [6.45, 7) is 1.97. The summed E-state index contributed by atoms with van der Waals surface area (Å²) in [4.78, 5) is 43.0. The van der Waals surface area contributed by atoms with E-state index in [9.17, 15) is 14.4 Å². The maximum absolute atomic E-state index is 12.0. The standard InChI is InChI=1S/C14H17N5O4S2/c1-3-23-14(22)19-13-17-9(7-25-13)5-11(21)18-12-16-8(6-24-12)4-10(20)15-2/h6-7H,3-5H2,1-2H3,(H,15,20)(H,16,18,21)(H,17,19,22). The lowest BCUT2D eigenvalue weighted by molar-refractivity contribution is -0.120. The number of thiazole rings is 2. The van der Waals surface area contributed by atoms with E-state index in [1.807, 2.05) is 0 Å². The molecule has 0 bridgehead atoms. The molecule has 2 aromatic heterocycles. The number of hydrogen-bond donors (Lipinski definition) is 3. The van der Waals surface area contributed by atoms with Crippen molar-refractivity contribution in [2.75, 3.05) is 24.3 Å². The van der Waals surface area contributed by atoms with Gasteiger partial charge in [0, 0.05) is 17.8 Å². The van der Waals surface area contributed by atoms with E-state index in [0.717, 1.165) is 0 Å². The fourth-order valence-electron chi connectivity index (χ4n) is 1.73. The van der Waals surface area contributed by atoms with Crippen molar-refractivity contribution in [3.63, 3.8) is 0 Å². The number of carbonyl (C=O) groups is 3. The normalized spacial score (nSPS) is 10.2. The van der Waals surface area contributed by atoms with Crippen molar-refractivity contribution in [3.05, 3.63) is 22.1 Å². The minimum atomic E-state index is -0.584. The second-order valence-electron chi connectivity index (χ2n) is 4.71. The van der Waals surface area contributed by atoms with Gasteiger partial charge in [0.1, 0.15) is 0 Å². The second kappa shape index (κ2) is 9.08. The smallest absolute Gasteiger partial charge is 0.413 e. The van der Waals surface area contributed by atoms with Gasteiger partial charge in [0.2, 0.25) is 11.8 Å². The summed E-state index contributed by atoms with van der Waals surface area (Å²) in [6.07, 6.45) is -0.372. The van der Waals surface area contributed by atoms with Crippen molar-refractivity contribution < 1.29 is 19.1 Å². The molecule has 0 aliphatic rings. The minimum absolute atomic E-state index is 0.0470. The Kier molecular flexibility index (Phi) is 6.83. The Bertz CT molecular complexity index is 758. The molecule has 0 saturated heterocycles. The third-order valence-electron chi connectivity index (χ3n) is 2.80. The number of anilines is 2. The van der Waals surface area contributed by atoms with E-state index in [2.05, 4.69) is 25.9 Å². The largest absolute Gasteiger partial charge is 0.450 e. The highest BCUT2D eigenvalue weighted by Crippen LogP contribution is 2.18. The molecule has 0 fully saturated rings. The molecule has 11 heteroatoms. The summed E-state index contributed by atoms with van der Waals surface area (Å²) in [7, 11) is 1.55. The van der Waals surface area contributed by atoms with E-state index in [-0.39, 0.29) is 31.3 Å². The van der Waals surface area contributed by atoms with Crippen LogP contribution in [-0.2, 0) is 27.2 Å². The summed E-state index contributed by atoms with van der Waals surface area (Å²) in [6, 6.07) is 0. The van der Waals surface area contributed by atoms with Gasteiger partial charge >= 0.3 is 6.09 Å². The molecular weight excluding hydrogens is 366 g/mol. The van der Waals surface area contributed by atoms with E-state index in [4.69, 9.17) is 4.74 Å². The summed E-state index contributed by atoms with van der Waals surface area (Å²) in [5.41, 5.74) is 1.12. The monoisotopic (exact) mass is 383 g/mol. The molecule has 134 valence electrons. The number of aromatic nitrogens is 2. The third-order valence-corrected chi connectivity index (χ3v) is 4.41. The Labute approximate surface area is 151 Å². The Morgan fingerprint density at radius 1 is 1.00 bits per heavy atom. The number of nitrogens with zero attached hydrogens (tertiary/aromatic N) is 2. The highest BCUT2D eigenvalue weighted by Gasteiger charge is 2.12. The molecule has 0 aliphatic heterocycles. The molecule has 0 unspecified atom stereocenters. The molecule has 0 aromatic carbocycles. The van der Waals surface area contributed by atoms with Gasteiger partial charge in [-0.2, -0.15) is 0 Å².